The van der Waals surface area contributed by atoms with Gasteiger partial charge in [0.15, 0.2) is 6.10 Å². The summed E-state index contributed by atoms with van der Waals surface area (Å²) >= 11 is 0. The van der Waals surface area contributed by atoms with Gasteiger partial charge in [-0.15, -0.1) is 0 Å². The van der Waals surface area contributed by atoms with Gasteiger partial charge in [-0.3, -0.25) is 4.79 Å². The van der Waals surface area contributed by atoms with Crippen LogP contribution in [-0.4, -0.2) is 65.3 Å². The summed E-state index contributed by atoms with van der Waals surface area (Å²) in [5.74, 6) is -1.39. The molecule has 3 amide bonds. The van der Waals surface area contributed by atoms with Crippen LogP contribution in [0.5, 0.6) is 0 Å². The molecule has 114 valence electrons. The molecule has 0 aromatic rings. The first kappa shape index (κ1) is 16.2. The van der Waals surface area contributed by atoms with Crippen molar-refractivity contribution in [1.82, 2.24) is 15.5 Å². The smallest absolute Gasteiger partial charge is 0.334 e. The number of carbonyl (C=O) groups excluding carboxylic acids is 2. The number of amides is 3. The molecule has 0 unspecified atom stereocenters. The molecule has 1 aliphatic heterocycles. The van der Waals surface area contributed by atoms with Crippen molar-refractivity contribution in [3.63, 3.8) is 0 Å². The molecule has 0 spiro atoms. The lowest BCUT2D eigenvalue weighted by atomic mass is 10.1. The molecule has 1 heterocycles. The molecule has 0 aromatic heterocycles. The Labute approximate surface area is 117 Å². The number of likely N-dealkylation sites (tertiary alicyclic amines) is 1. The van der Waals surface area contributed by atoms with Crippen LogP contribution in [0.2, 0.25) is 0 Å². The van der Waals surface area contributed by atoms with E-state index in [2.05, 4.69) is 10.6 Å². The number of piperidine rings is 1. The highest BCUT2D eigenvalue weighted by Crippen LogP contribution is 2.09. The van der Waals surface area contributed by atoms with Crippen molar-refractivity contribution in [3.05, 3.63) is 0 Å². The molecule has 0 aliphatic carbocycles. The molecule has 1 aliphatic rings. The normalized spacial score (nSPS) is 16.4. The number of nitrogens with zero attached hydrogens (tertiary/aromatic N) is 1. The molecule has 0 aromatic carbocycles. The Morgan fingerprint density at radius 1 is 1.10 bits per heavy atom. The summed E-state index contributed by atoms with van der Waals surface area (Å²) in [6.07, 6.45) is 1.78. The van der Waals surface area contributed by atoms with E-state index in [0.717, 1.165) is 32.4 Å². The molecule has 8 heteroatoms. The number of aliphatic hydroxyl groups excluding tert-OH is 1. The Hall–Kier alpha value is -1.83. The fourth-order valence-corrected chi connectivity index (χ4v) is 1.92. The Bertz CT molecular complexity index is 355. The molecular weight excluding hydrogens is 266 g/mol. The van der Waals surface area contributed by atoms with Crippen LogP contribution in [0.4, 0.5) is 4.79 Å². The number of nitrogens with one attached hydrogen (secondary N) is 2. The Kier molecular flexibility index (Phi) is 6.78. The van der Waals surface area contributed by atoms with Crippen molar-refractivity contribution in [2.24, 2.45) is 0 Å². The van der Waals surface area contributed by atoms with Gasteiger partial charge in [-0.05, 0) is 19.3 Å². The van der Waals surface area contributed by atoms with E-state index in [-0.39, 0.29) is 25.4 Å². The van der Waals surface area contributed by atoms with Gasteiger partial charge in [0.2, 0.25) is 5.91 Å². The molecular formula is C12H21N3O5. The maximum atomic E-state index is 11.8. The lowest BCUT2D eigenvalue weighted by Gasteiger charge is -2.26. The average molecular weight is 287 g/mol. The van der Waals surface area contributed by atoms with E-state index < -0.39 is 18.1 Å². The first-order valence-electron chi connectivity index (χ1n) is 6.71. The third-order valence-electron chi connectivity index (χ3n) is 3.07. The van der Waals surface area contributed by atoms with Crippen LogP contribution in [0.25, 0.3) is 0 Å². The first-order chi connectivity index (χ1) is 9.50. The minimum absolute atomic E-state index is 0.00979. The minimum atomic E-state index is -1.63. The zero-order valence-electron chi connectivity index (χ0n) is 11.3. The fourth-order valence-electron chi connectivity index (χ4n) is 1.92. The van der Waals surface area contributed by atoms with Crippen molar-refractivity contribution >= 4 is 17.9 Å². The fraction of sp³-hybridized carbons (Fsp3) is 0.750. The summed E-state index contributed by atoms with van der Waals surface area (Å²) < 4.78 is 0. The van der Waals surface area contributed by atoms with Gasteiger partial charge in [0.1, 0.15) is 0 Å². The van der Waals surface area contributed by atoms with E-state index in [1.165, 1.54) is 0 Å². The zero-order chi connectivity index (χ0) is 15.0. The number of hydrogen-bond acceptors (Lipinski definition) is 4. The molecule has 1 atom stereocenters. The van der Waals surface area contributed by atoms with E-state index in [0.29, 0.717) is 0 Å². The second kappa shape index (κ2) is 8.36. The highest BCUT2D eigenvalue weighted by atomic mass is 16.4. The number of carboxylic acid groups (broad SMARTS) is 1. The van der Waals surface area contributed by atoms with E-state index in [4.69, 9.17) is 10.2 Å². The standard InChI is InChI=1S/C12H21N3O5/c16-9(11(18)19)8-14-12(20)13-5-4-10(17)15-6-2-1-3-7-15/h9,16H,1-8H2,(H,18,19)(H2,13,14,20)/t9-/m0/s1. The van der Waals surface area contributed by atoms with Crippen LogP contribution in [0.3, 0.4) is 0 Å². The van der Waals surface area contributed by atoms with Crippen LogP contribution >= 0.6 is 0 Å². The SMILES string of the molecule is O=C(NCCC(=O)N1CCCCC1)NC[C@H](O)C(=O)O. The Morgan fingerprint density at radius 2 is 1.75 bits per heavy atom. The first-order valence-corrected chi connectivity index (χ1v) is 6.71. The average Bonchev–Trinajstić information content (AvgIpc) is 2.45. The highest BCUT2D eigenvalue weighted by molar-refractivity contribution is 5.79. The van der Waals surface area contributed by atoms with E-state index >= 15 is 0 Å². The number of hydrogen-bond donors (Lipinski definition) is 4. The van der Waals surface area contributed by atoms with Gasteiger partial charge in [-0.25, -0.2) is 9.59 Å². The van der Waals surface area contributed by atoms with E-state index in [1.807, 2.05) is 0 Å². The largest absolute Gasteiger partial charge is 0.479 e. The van der Waals surface area contributed by atoms with Gasteiger partial charge in [0.05, 0.1) is 6.54 Å². The lowest BCUT2D eigenvalue weighted by Crippen LogP contribution is -2.43. The molecule has 0 radical (unpaired) electrons. The summed E-state index contributed by atoms with van der Waals surface area (Å²) in [6, 6.07) is -0.600. The molecule has 1 rings (SSSR count). The van der Waals surface area contributed by atoms with Crippen molar-refractivity contribution in [2.45, 2.75) is 31.8 Å². The van der Waals surface area contributed by atoms with Gasteiger partial charge in [0, 0.05) is 26.1 Å². The van der Waals surface area contributed by atoms with Crippen molar-refractivity contribution < 1.29 is 24.6 Å². The Balaban J connectivity index is 2.12. The second-order valence-corrected chi connectivity index (χ2v) is 4.68. The van der Waals surface area contributed by atoms with Crippen LogP contribution in [0.1, 0.15) is 25.7 Å². The number of carbonyl (C=O) groups is 3. The maximum Gasteiger partial charge on any atom is 0.334 e. The summed E-state index contributed by atoms with van der Waals surface area (Å²) in [5.41, 5.74) is 0. The molecule has 1 saturated heterocycles. The summed E-state index contributed by atoms with van der Waals surface area (Å²) in [4.78, 5) is 35.2. The van der Waals surface area contributed by atoms with Crippen LogP contribution in [0.15, 0.2) is 0 Å². The topological polar surface area (TPSA) is 119 Å². The van der Waals surface area contributed by atoms with Crippen molar-refractivity contribution in [2.75, 3.05) is 26.2 Å². The molecule has 0 bridgehead atoms. The summed E-state index contributed by atoms with van der Waals surface area (Å²) in [6.45, 7) is 1.36. The van der Waals surface area contributed by atoms with Crippen LogP contribution in [-0.2, 0) is 9.59 Å². The molecule has 4 N–H and O–H groups in total. The summed E-state index contributed by atoms with van der Waals surface area (Å²) in [7, 11) is 0. The molecule has 8 nitrogen and oxygen atoms in total. The van der Waals surface area contributed by atoms with Gasteiger partial charge in [0.25, 0.3) is 0 Å². The predicted molar refractivity (Wildman–Crippen MR) is 70.1 cm³/mol. The Morgan fingerprint density at radius 3 is 2.35 bits per heavy atom. The third-order valence-corrected chi connectivity index (χ3v) is 3.07. The molecule has 1 fully saturated rings. The lowest BCUT2D eigenvalue weighted by molar-refractivity contribution is -0.146. The minimum Gasteiger partial charge on any atom is -0.479 e. The van der Waals surface area contributed by atoms with E-state index in [9.17, 15) is 14.4 Å². The van der Waals surface area contributed by atoms with E-state index in [1.54, 1.807) is 4.90 Å². The van der Waals surface area contributed by atoms with Crippen LogP contribution < -0.4 is 10.6 Å². The van der Waals surface area contributed by atoms with Gasteiger partial charge >= 0.3 is 12.0 Å². The number of rotatable bonds is 6. The maximum absolute atomic E-state index is 11.8. The van der Waals surface area contributed by atoms with Gasteiger partial charge in [-0.1, -0.05) is 0 Å². The zero-order valence-corrected chi connectivity index (χ0v) is 11.3. The highest BCUT2D eigenvalue weighted by Gasteiger charge is 2.17. The van der Waals surface area contributed by atoms with Gasteiger partial charge < -0.3 is 25.7 Å². The third kappa shape index (κ3) is 5.87. The molecule has 20 heavy (non-hydrogen) atoms. The number of carboxylic acids is 1. The quantitative estimate of drug-likeness (QED) is 0.506. The van der Waals surface area contributed by atoms with Crippen molar-refractivity contribution in [3.8, 4) is 0 Å². The number of aliphatic carboxylic acids is 1. The number of urea groups is 1. The number of aliphatic hydroxyl groups is 1. The predicted octanol–water partition coefficient (Wildman–Crippen LogP) is -0.866. The van der Waals surface area contributed by atoms with Crippen molar-refractivity contribution in [1.29, 1.82) is 0 Å². The second-order valence-electron chi connectivity index (χ2n) is 4.68. The van der Waals surface area contributed by atoms with Gasteiger partial charge in [-0.2, -0.15) is 0 Å². The monoisotopic (exact) mass is 287 g/mol. The van der Waals surface area contributed by atoms with Crippen LogP contribution in [0, 0.1) is 0 Å². The molecule has 0 saturated carbocycles. The summed E-state index contributed by atoms with van der Waals surface area (Å²) in [5, 5.41) is 22.0.